The number of hydrogen-bond acceptors (Lipinski definition) is 7. The van der Waals surface area contributed by atoms with Crippen molar-refractivity contribution >= 4 is 28.5 Å². The van der Waals surface area contributed by atoms with Crippen molar-refractivity contribution in [1.82, 2.24) is 4.68 Å². The van der Waals surface area contributed by atoms with Gasteiger partial charge >= 0.3 is 0 Å². The first-order chi connectivity index (χ1) is 16.3. The van der Waals surface area contributed by atoms with Crippen LogP contribution in [0, 0.1) is 0 Å². The summed E-state index contributed by atoms with van der Waals surface area (Å²) in [5, 5.41) is 7.88. The summed E-state index contributed by atoms with van der Waals surface area (Å²) in [7, 11) is 0. The fourth-order valence-electron chi connectivity index (χ4n) is 4.03. The van der Waals surface area contributed by atoms with Crippen molar-refractivity contribution in [1.29, 1.82) is 0 Å². The van der Waals surface area contributed by atoms with E-state index in [0.717, 1.165) is 63.7 Å². The Bertz CT molecular complexity index is 1340. The molecule has 0 unspecified atom stereocenters. The number of aromatic nitrogens is 1. The Morgan fingerprint density at radius 1 is 1.03 bits per heavy atom. The van der Waals surface area contributed by atoms with Crippen molar-refractivity contribution in [3.63, 3.8) is 0 Å². The highest BCUT2D eigenvalue weighted by atomic mass is 32.1. The summed E-state index contributed by atoms with van der Waals surface area (Å²) in [4.78, 5) is 5.63. The molecule has 0 saturated carbocycles. The van der Waals surface area contributed by atoms with Crippen LogP contribution in [0.5, 0.6) is 11.5 Å². The summed E-state index contributed by atoms with van der Waals surface area (Å²) in [6.45, 7) is 2.56. The number of ether oxygens (including phenoxy) is 3. The van der Waals surface area contributed by atoms with Crippen LogP contribution < -0.4 is 14.3 Å². The lowest BCUT2D eigenvalue weighted by atomic mass is 10.2. The maximum absolute atomic E-state index is 6.12. The molecule has 0 radical (unpaired) electrons. The van der Waals surface area contributed by atoms with Crippen LogP contribution in [0.15, 0.2) is 68.4 Å². The number of nitrogens with zero attached hydrogens (tertiary/aromatic N) is 3. The summed E-state index contributed by atoms with van der Waals surface area (Å²) in [5.74, 6) is 2.25. The lowest BCUT2D eigenvalue weighted by molar-refractivity contribution is 0.117. The van der Waals surface area contributed by atoms with E-state index in [2.05, 4.69) is 0 Å². The van der Waals surface area contributed by atoms with Gasteiger partial charge in [0.1, 0.15) is 24.5 Å². The second-order valence-corrected chi connectivity index (χ2v) is 8.82. The highest BCUT2D eigenvalue weighted by Crippen LogP contribution is 2.31. The van der Waals surface area contributed by atoms with Crippen molar-refractivity contribution in [2.24, 2.45) is 10.1 Å². The van der Waals surface area contributed by atoms with E-state index in [4.69, 9.17) is 28.7 Å². The first-order valence-corrected chi connectivity index (χ1v) is 12.0. The molecule has 0 N–H and O–H groups in total. The molecule has 4 aromatic rings. The normalized spacial score (nSPS) is 18.5. The van der Waals surface area contributed by atoms with E-state index in [-0.39, 0.29) is 6.10 Å². The zero-order chi connectivity index (χ0) is 22.0. The van der Waals surface area contributed by atoms with Crippen LogP contribution in [-0.4, -0.2) is 43.4 Å². The number of hydrogen-bond donors (Lipinski definition) is 0. The molecule has 1 fully saturated rings. The second kappa shape index (κ2) is 8.88. The highest BCUT2D eigenvalue weighted by Gasteiger charge is 2.17. The van der Waals surface area contributed by atoms with E-state index in [1.165, 1.54) is 0 Å². The van der Waals surface area contributed by atoms with Gasteiger partial charge in [-0.2, -0.15) is 5.10 Å². The van der Waals surface area contributed by atoms with Crippen LogP contribution in [0.3, 0.4) is 0 Å². The van der Waals surface area contributed by atoms with Gasteiger partial charge in [0.25, 0.3) is 0 Å². The van der Waals surface area contributed by atoms with Crippen molar-refractivity contribution < 1.29 is 18.6 Å². The van der Waals surface area contributed by atoms with Gasteiger partial charge in [-0.25, -0.2) is 4.68 Å². The topological polar surface area (TPSA) is 70.5 Å². The van der Waals surface area contributed by atoms with Crippen molar-refractivity contribution in [3.8, 4) is 23.0 Å². The second-order valence-electron chi connectivity index (χ2n) is 7.99. The van der Waals surface area contributed by atoms with Gasteiger partial charge in [0.2, 0.25) is 4.80 Å². The molecule has 7 nitrogen and oxygen atoms in total. The monoisotopic (exact) mass is 461 g/mol. The highest BCUT2D eigenvalue weighted by molar-refractivity contribution is 7.07. The largest absolute Gasteiger partial charge is 0.486 e. The molecule has 33 heavy (non-hydrogen) atoms. The lowest BCUT2D eigenvalue weighted by Crippen LogP contribution is -2.17. The van der Waals surface area contributed by atoms with Gasteiger partial charge in [0.15, 0.2) is 17.3 Å². The Labute approximate surface area is 194 Å². The summed E-state index contributed by atoms with van der Waals surface area (Å²) < 4.78 is 25.0. The average molecular weight is 462 g/mol. The summed E-state index contributed by atoms with van der Waals surface area (Å²) >= 11 is 1.54. The molecule has 2 aromatic carbocycles. The predicted molar refractivity (Wildman–Crippen MR) is 127 cm³/mol. The van der Waals surface area contributed by atoms with E-state index in [1.807, 2.05) is 64.8 Å². The fourth-order valence-corrected chi connectivity index (χ4v) is 4.86. The zero-order valence-electron chi connectivity index (χ0n) is 18.0. The smallest absolute Gasteiger partial charge is 0.206 e. The van der Waals surface area contributed by atoms with Crippen molar-refractivity contribution in [2.45, 2.75) is 18.9 Å². The van der Waals surface area contributed by atoms with Gasteiger partial charge in [-0.3, -0.25) is 4.99 Å². The van der Waals surface area contributed by atoms with Gasteiger partial charge in [-0.05, 0) is 48.7 Å². The van der Waals surface area contributed by atoms with Gasteiger partial charge in [0.05, 0.1) is 18.9 Å². The molecule has 2 aromatic heterocycles. The number of fused-ring (bicyclic) bond motifs is 2. The Kier molecular flexibility index (Phi) is 5.45. The molecule has 4 heterocycles. The van der Waals surface area contributed by atoms with Crippen LogP contribution in [0.25, 0.3) is 22.4 Å². The molecule has 0 aliphatic carbocycles. The molecule has 0 spiro atoms. The van der Waals surface area contributed by atoms with Crippen LogP contribution in [0.2, 0.25) is 0 Å². The number of rotatable bonds is 5. The SMILES string of the molecule is C(=N/n1c(-c2cc3ccccc3o2)csc1=NC[C@H]1CCCO1)/c1ccc2c(c1)OCCO2. The fraction of sp³-hybridized carbons (Fsp3) is 0.280. The summed E-state index contributed by atoms with van der Waals surface area (Å²) in [6, 6.07) is 15.8. The first-order valence-electron chi connectivity index (χ1n) is 11.1. The zero-order valence-corrected chi connectivity index (χ0v) is 18.8. The number of thiazole rings is 1. The summed E-state index contributed by atoms with van der Waals surface area (Å²) in [5.41, 5.74) is 2.62. The lowest BCUT2D eigenvalue weighted by Gasteiger charge is -2.18. The third kappa shape index (κ3) is 4.19. The molecular formula is C25H23N3O4S. The molecular weight excluding hydrogens is 438 g/mol. The van der Waals surface area contributed by atoms with Crippen LogP contribution in [-0.2, 0) is 4.74 Å². The third-order valence-corrected chi connectivity index (χ3v) is 6.56. The molecule has 0 amide bonds. The molecule has 0 bridgehead atoms. The molecule has 1 atom stereocenters. The minimum Gasteiger partial charge on any atom is -0.486 e. The van der Waals surface area contributed by atoms with E-state index >= 15 is 0 Å². The number of furan rings is 1. The molecule has 168 valence electrons. The number of para-hydroxylation sites is 1. The maximum atomic E-state index is 6.12. The maximum Gasteiger partial charge on any atom is 0.206 e. The van der Waals surface area contributed by atoms with E-state index in [1.54, 1.807) is 11.3 Å². The van der Waals surface area contributed by atoms with E-state index < -0.39 is 0 Å². The van der Waals surface area contributed by atoms with Crippen molar-refractivity contribution in [3.05, 3.63) is 64.3 Å². The third-order valence-electron chi connectivity index (χ3n) is 5.71. The van der Waals surface area contributed by atoms with E-state index in [0.29, 0.717) is 19.8 Å². The molecule has 2 aliphatic rings. The van der Waals surface area contributed by atoms with E-state index in [9.17, 15) is 0 Å². The summed E-state index contributed by atoms with van der Waals surface area (Å²) in [6.07, 6.45) is 4.13. The van der Waals surface area contributed by atoms with Crippen LogP contribution in [0.1, 0.15) is 18.4 Å². The first kappa shape index (κ1) is 20.3. The average Bonchev–Trinajstić information content (AvgIpc) is 3.60. The molecule has 8 heteroatoms. The van der Waals surface area contributed by atoms with Gasteiger partial charge in [-0.1, -0.05) is 18.2 Å². The Morgan fingerprint density at radius 2 is 1.94 bits per heavy atom. The Balaban J connectivity index is 1.39. The number of benzene rings is 2. The molecule has 1 saturated heterocycles. The predicted octanol–water partition coefficient (Wildman–Crippen LogP) is 4.70. The minimum atomic E-state index is 0.178. The van der Waals surface area contributed by atoms with Crippen LogP contribution in [0.4, 0.5) is 0 Å². The van der Waals surface area contributed by atoms with Gasteiger partial charge < -0.3 is 18.6 Å². The molecule has 2 aliphatic heterocycles. The standard InChI is InChI=1S/C25H23N3O4S/c1-2-6-21-18(4-1)13-23(32-21)20-16-33-25(26-15-19-5-3-9-29-19)28(20)27-14-17-7-8-22-24(12-17)31-11-10-30-22/h1-2,4,6-8,12-14,16,19H,3,5,9-11,15H2/b26-25?,27-14-/t19-/m1/s1. The van der Waals surface area contributed by atoms with Gasteiger partial charge in [0, 0.05) is 17.4 Å². The Morgan fingerprint density at radius 3 is 2.82 bits per heavy atom. The van der Waals surface area contributed by atoms with Crippen molar-refractivity contribution in [2.75, 3.05) is 26.4 Å². The van der Waals surface area contributed by atoms with Gasteiger partial charge in [-0.15, -0.1) is 11.3 Å². The van der Waals surface area contributed by atoms with Crippen LogP contribution >= 0.6 is 11.3 Å². The Hall–Kier alpha value is -3.36. The minimum absolute atomic E-state index is 0.178. The molecule has 6 rings (SSSR count). The quantitative estimate of drug-likeness (QED) is 0.404.